The number of amides is 1. The van der Waals surface area contributed by atoms with Crippen molar-refractivity contribution in [3.05, 3.63) is 77.0 Å². The van der Waals surface area contributed by atoms with Crippen molar-refractivity contribution < 1.29 is 14.3 Å². The molecule has 5 nitrogen and oxygen atoms in total. The molecule has 0 spiro atoms. The van der Waals surface area contributed by atoms with Crippen LogP contribution in [0, 0.1) is 0 Å². The molecule has 2 N–H and O–H groups in total. The van der Waals surface area contributed by atoms with E-state index in [2.05, 4.69) is 10.5 Å². The Labute approximate surface area is 143 Å². The molecule has 1 aromatic heterocycles. The first kappa shape index (κ1) is 15.8. The van der Waals surface area contributed by atoms with E-state index in [9.17, 15) is 9.90 Å². The lowest BCUT2D eigenvalue weighted by Crippen LogP contribution is -2.17. The molecule has 3 aromatic rings. The number of phenols is 1. The standard InChI is InChI=1S/C18H13ClN2O3/c19-17-14(10-16(24-17)12-5-2-1-3-6-12)11-20-21-18(23)13-7-4-8-15(22)9-13/h1-11,22H,(H,21,23)/b20-11+. The number of hydrazone groups is 1. The third kappa shape index (κ3) is 3.64. The number of benzene rings is 2. The number of halogens is 1. The lowest BCUT2D eigenvalue weighted by Gasteiger charge is -1.99. The van der Waals surface area contributed by atoms with Crippen molar-refractivity contribution in [2.75, 3.05) is 0 Å². The van der Waals surface area contributed by atoms with Crippen molar-refractivity contribution in [3.8, 4) is 17.1 Å². The highest BCUT2D eigenvalue weighted by Gasteiger charge is 2.09. The van der Waals surface area contributed by atoms with Gasteiger partial charge in [0.1, 0.15) is 11.5 Å². The van der Waals surface area contributed by atoms with Gasteiger partial charge in [-0.25, -0.2) is 5.43 Å². The number of hydrogen-bond donors (Lipinski definition) is 2. The summed E-state index contributed by atoms with van der Waals surface area (Å²) in [4.78, 5) is 11.9. The second kappa shape index (κ2) is 7.02. The number of nitrogens with one attached hydrogen (secondary N) is 1. The number of aromatic hydroxyl groups is 1. The molecule has 0 saturated carbocycles. The van der Waals surface area contributed by atoms with Gasteiger partial charge in [0.05, 0.1) is 11.8 Å². The van der Waals surface area contributed by atoms with Crippen LogP contribution in [0.4, 0.5) is 0 Å². The van der Waals surface area contributed by atoms with Crippen LogP contribution in [0.15, 0.2) is 70.2 Å². The number of rotatable bonds is 4. The third-order valence-electron chi connectivity index (χ3n) is 3.25. The summed E-state index contributed by atoms with van der Waals surface area (Å²) in [6.45, 7) is 0. The Kier molecular flexibility index (Phi) is 4.63. The average molecular weight is 341 g/mol. The van der Waals surface area contributed by atoms with E-state index in [0.29, 0.717) is 16.9 Å². The van der Waals surface area contributed by atoms with Gasteiger partial charge in [-0.15, -0.1) is 0 Å². The Balaban J connectivity index is 1.71. The second-order valence-corrected chi connectivity index (χ2v) is 5.30. The van der Waals surface area contributed by atoms with Crippen LogP contribution in [0.1, 0.15) is 15.9 Å². The maximum absolute atomic E-state index is 11.9. The molecule has 0 aliphatic rings. The first-order chi connectivity index (χ1) is 11.6. The monoisotopic (exact) mass is 340 g/mol. The summed E-state index contributed by atoms with van der Waals surface area (Å²) in [6, 6.07) is 17.2. The quantitative estimate of drug-likeness (QED) is 0.555. The largest absolute Gasteiger partial charge is 0.508 e. The summed E-state index contributed by atoms with van der Waals surface area (Å²) in [5.74, 6) is 0.184. The maximum atomic E-state index is 11.9. The van der Waals surface area contributed by atoms with E-state index >= 15 is 0 Å². The molecule has 1 heterocycles. The van der Waals surface area contributed by atoms with Gasteiger partial charge >= 0.3 is 0 Å². The van der Waals surface area contributed by atoms with E-state index in [-0.39, 0.29) is 11.0 Å². The minimum Gasteiger partial charge on any atom is -0.508 e. The van der Waals surface area contributed by atoms with Crippen LogP contribution in [0.3, 0.4) is 0 Å². The predicted octanol–water partition coefficient (Wildman–Crippen LogP) is 4.07. The Hall–Kier alpha value is -3.05. The lowest BCUT2D eigenvalue weighted by molar-refractivity contribution is 0.0954. The van der Waals surface area contributed by atoms with E-state index < -0.39 is 5.91 Å². The van der Waals surface area contributed by atoms with E-state index in [0.717, 1.165) is 5.56 Å². The predicted molar refractivity (Wildman–Crippen MR) is 92.3 cm³/mol. The molecule has 120 valence electrons. The minimum atomic E-state index is -0.440. The molecule has 0 aliphatic carbocycles. The number of carbonyl (C=O) groups is 1. The first-order valence-corrected chi connectivity index (χ1v) is 7.48. The number of carbonyl (C=O) groups excluding carboxylic acids is 1. The fourth-order valence-electron chi connectivity index (χ4n) is 2.09. The molecule has 24 heavy (non-hydrogen) atoms. The van der Waals surface area contributed by atoms with E-state index in [1.807, 2.05) is 30.3 Å². The fourth-order valence-corrected chi connectivity index (χ4v) is 2.27. The van der Waals surface area contributed by atoms with Crippen LogP contribution >= 0.6 is 11.6 Å². The molecule has 0 bridgehead atoms. The number of furan rings is 1. The van der Waals surface area contributed by atoms with Gasteiger partial charge in [-0.2, -0.15) is 5.10 Å². The molecule has 0 saturated heterocycles. The molecule has 6 heteroatoms. The fraction of sp³-hybridized carbons (Fsp3) is 0. The number of nitrogens with zero attached hydrogens (tertiary/aromatic N) is 1. The van der Waals surface area contributed by atoms with Gasteiger partial charge in [-0.05, 0) is 35.9 Å². The SMILES string of the molecule is O=C(N/N=C/c1cc(-c2ccccc2)oc1Cl)c1cccc(O)c1. The topological polar surface area (TPSA) is 74.8 Å². The van der Waals surface area contributed by atoms with Gasteiger partial charge in [-0.1, -0.05) is 36.4 Å². The summed E-state index contributed by atoms with van der Waals surface area (Å²) in [5.41, 5.74) is 4.11. The minimum absolute atomic E-state index is 0.0111. The summed E-state index contributed by atoms with van der Waals surface area (Å²) in [7, 11) is 0. The molecule has 0 fully saturated rings. The second-order valence-electron chi connectivity index (χ2n) is 4.96. The van der Waals surface area contributed by atoms with Gasteiger partial charge in [0.25, 0.3) is 5.91 Å². The van der Waals surface area contributed by atoms with E-state index in [1.54, 1.807) is 18.2 Å². The summed E-state index contributed by atoms with van der Waals surface area (Å²) >= 11 is 6.04. The zero-order valence-electron chi connectivity index (χ0n) is 12.4. The first-order valence-electron chi connectivity index (χ1n) is 7.10. The van der Waals surface area contributed by atoms with Crippen molar-refractivity contribution in [1.29, 1.82) is 0 Å². The van der Waals surface area contributed by atoms with Crippen LogP contribution in [0.25, 0.3) is 11.3 Å². The third-order valence-corrected chi connectivity index (χ3v) is 3.54. The zero-order chi connectivity index (χ0) is 16.9. The maximum Gasteiger partial charge on any atom is 0.271 e. The molecule has 3 rings (SSSR count). The highest BCUT2D eigenvalue weighted by molar-refractivity contribution is 6.31. The van der Waals surface area contributed by atoms with Crippen molar-refractivity contribution in [2.45, 2.75) is 0 Å². The highest BCUT2D eigenvalue weighted by atomic mass is 35.5. The molecular weight excluding hydrogens is 328 g/mol. The van der Waals surface area contributed by atoms with E-state index in [4.69, 9.17) is 16.0 Å². The van der Waals surface area contributed by atoms with Gasteiger partial charge in [0, 0.05) is 11.1 Å². The van der Waals surface area contributed by atoms with Crippen molar-refractivity contribution in [1.82, 2.24) is 5.43 Å². The molecule has 1 amide bonds. The average Bonchev–Trinajstić information content (AvgIpc) is 2.96. The normalized spacial score (nSPS) is 10.9. The van der Waals surface area contributed by atoms with Crippen LogP contribution in [-0.2, 0) is 0 Å². The number of hydrogen-bond acceptors (Lipinski definition) is 4. The Morgan fingerprint density at radius 2 is 1.92 bits per heavy atom. The summed E-state index contributed by atoms with van der Waals surface area (Å²) in [6.07, 6.45) is 1.40. The Bertz CT molecular complexity index is 888. The van der Waals surface area contributed by atoms with Crippen LogP contribution in [0.2, 0.25) is 5.22 Å². The van der Waals surface area contributed by atoms with Crippen LogP contribution < -0.4 is 5.43 Å². The number of phenolic OH excluding ortho intramolecular Hbond substituents is 1. The van der Waals surface area contributed by atoms with Gasteiger partial charge < -0.3 is 9.52 Å². The highest BCUT2D eigenvalue weighted by Crippen LogP contribution is 2.27. The van der Waals surface area contributed by atoms with Gasteiger partial charge in [0.15, 0.2) is 0 Å². The molecule has 0 radical (unpaired) electrons. The summed E-state index contributed by atoms with van der Waals surface area (Å²) < 4.78 is 5.49. The van der Waals surface area contributed by atoms with Crippen molar-refractivity contribution in [2.24, 2.45) is 5.10 Å². The Morgan fingerprint density at radius 3 is 2.67 bits per heavy atom. The molecule has 2 aromatic carbocycles. The van der Waals surface area contributed by atoms with Crippen molar-refractivity contribution in [3.63, 3.8) is 0 Å². The molecule has 0 atom stereocenters. The molecule has 0 aliphatic heterocycles. The van der Waals surface area contributed by atoms with Crippen LogP contribution in [-0.4, -0.2) is 17.2 Å². The van der Waals surface area contributed by atoms with E-state index in [1.165, 1.54) is 18.3 Å². The summed E-state index contributed by atoms with van der Waals surface area (Å²) in [5, 5.41) is 13.4. The Morgan fingerprint density at radius 1 is 1.12 bits per heavy atom. The van der Waals surface area contributed by atoms with Crippen LogP contribution in [0.5, 0.6) is 5.75 Å². The van der Waals surface area contributed by atoms with Gasteiger partial charge in [-0.3, -0.25) is 4.79 Å². The molecular formula is C18H13ClN2O3. The smallest absolute Gasteiger partial charge is 0.271 e. The van der Waals surface area contributed by atoms with Crippen molar-refractivity contribution >= 4 is 23.7 Å². The lowest BCUT2D eigenvalue weighted by atomic mass is 10.1. The molecule has 0 unspecified atom stereocenters. The zero-order valence-corrected chi connectivity index (χ0v) is 13.2. The van der Waals surface area contributed by atoms with Gasteiger partial charge in [0.2, 0.25) is 5.22 Å².